The monoisotopic (exact) mass is 221 g/mol. The van der Waals surface area contributed by atoms with Crippen LogP contribution in [0.3, 0.4) is 0 Å². The summed E-state index contributed by atoms with van der Waals surface area (Å²) >= 11 is 0. The Balaban J connectivity index is 1.86. The van der Waals surface area contributed by atoms with Gasteiger partial charge in [0.15, 0.2) is 11.5 Å². The summed E-state index contributed by atoms with van der Waals surface area (Å²) in [6.45, 7) is 2.95. The third-order valence-electron chi connectivity index (χ3n) is 3.52. The molecule has 2 rings (SSSR count). The van der Waals surface area contributed by atoms with E-state index in [9.17, 15) is 10.2 Å². The van der Waals surface area contributed by atoms with Crippen LogP contribution in [0.1, 0.15) is 31.7 Å². The minimum Gasteiger partial charge on any atom is -0.504 e. The van der Waals surface area contributed by atoms with Gasteiger partial charge < -0.3 is 15.5 Å². The Bertz CT molecular complexity index is 361. The number of hydrogen-bond donors (Lipinski definition) is 3. The van der Waals surface area contributed by atoms with Crippen molar-refractivity contribution < 1.29 is 10.2 Å². The van der Waals surface area contributed by atoms with Crippen molar-refractivity contribution in [1.29, 1.82) is 0 Å². The molecule has 0 amide bonds. The van der Waals surface area contributed by atoms with Crippen LogP contribution in [0.5, 0.6) is 11.5 Å². The maximum absolute atomic E-state index is 9.35. The summed E-state index contributed by atoms with van der Waals surface area (Å²) in [5.41, 5.74) is 1.00. The van der Waals surface area contributed by atoms with E-state index in [-0.39, 0.29) is 11.5 Å². The Morgan fingerprint density at radius 2 is 2.06 bits per heavy atom. The molecule has 0 saturated heterocycles. The molecule has 1 aliphatic rings. The summed E-state index contributed by atoms with van der Waals surface area (Å²) in [6, 6.07) is 5.50. The second-order valence-corrected chi connectivity index (χ2v) is 4.68. The third kappa shape index (κ3) is 2.47. The second-order valence-electron chi connectivity index (χ2n) is 4.68. The van der Waals surface area contributed by atoms with Gasteiger partial charge in [0.05, 0.1) is 0 Å². The van der Waals surface area contributed by atoms with Gasteiger partial charge in [0.2, 0.25) is 0 Å². The van der Waals surface area contributed by atoms with Gasteiger partial charge in [0.1, 0.15) is 0 Å². The Morgan fingerprint density at radius 3 is 2.62 bits per heavy atom. The highest BCUT2D eigenvalue weighted by Gasteiger charge is 2.23. The van der Waals surface area contributed by atoms with Gasteiger partial charge in [-0.2, -0.15) is 0 Å². The van der Waals surface area contributed by atoms with E-state index in [0.717, 1.165) is 18.0 Å². The van der Waals surface area contributed by atoms with Gasteiger partial charge in [-0.05, 0) is 43.4 Å². The van der Waals surface area contributed by atoms with Crippen LogP contribution in [0.25, 0.3) is 0 Å². The van der Waals surface area contributed by atoms with E-state index in [1.165, 1.54) is 25.3 Å². The molecule has 3 heteroatoms. The molecule has 0 aliphatic heterocycles. The zero-order chi connectivity index (χ0) is 11.5. The SMILES string of the molecule is CC(NCc1ccc(O)c(O)c1)C1CCC1. The molecule has 1 saturated carbocycles. The van der Waals surface area contributed by atoms with Crippen LogP contribution in [-0.2, 0) is 6.54 Å². The van der Waals surface area contributed by atoms with Gasteiger partial charge >= 0.3 is 0 Å². The normalized spacial score (nSPS) is 18.1. The molecule has 0 radical (unpaired) electrons. The first kappa shape index (κ1) is 11.3. The summed E-state index contributed by atoms with van der Waals surface area (Å²) in [7, 11) is 0. The van der Waals surface area contributed by atoms with Crippen LogP contribution < -0.4 is 5.32 Å². The van der Waals surface area contributed by atoms with E-state index in [1.54, 1.807) is 6.07 Å². The summed E-state index contributed by atoms with van der Waals surface area (Å²) < 4.78 is 0. The van der Waals surface area contributed by atoms with Crippen LogP contribution in [0.15, 0.2) is 18.2 Å². The van der Waals surface area contributed by atoms with E-state index in [0.29, 0.717) is 6.04 Å². The van der Waals surface area contributed by atoms with Gasteiger partial charge in [-0.25, -0.2) is 0 Å². The molecule has 1 aromatic carbocycles. The van der Waals surface area contributed by atoms with E-state index in [2.05, 4.69) is 12.2 Å². The highest BCUT2D eigenvalue weighted by Crippen LogP contribution is 2.30. The molecule has 0 bridgehead atoms. The fourth-order valence-electron chi connectivity index (χ4n) is 2.06. The second kappa shape index (κ2) is 4.74. The Kier molecular flexibility index (Phi) is 3.34. The molecule has 3 nitrogen and oxygen atoms in total. The van der Waals surface area contributed by atoms with E-state index in [1.807, 2.05) is 6.07 Å². The Hall–Kier alpha value is -1.22. The molecule has 1 atom stereocenters. The van der Waals surface area contributed by atoms with Crippen molar-refractivity contribution in [3.05, 3.63) is 23.8 Å². The number of aromatic hydroxyl groups is 2. The lowest BCUT2D eigenvalue weighted by molar-refractivity contribution is 0.240. The summed E-state index contributed by atoms with van der Waals surface area (Å²) in [5, 5.41) is 22.0. The third-order valence-corrected chi connectivity index (χ3v) is 3.52. The van der Waals surface area contributed by atoms with Crippen molar-refractivity contribution in [1.82, 2.24) is 5.32 Å². The molecule has 0 aromatic heterocycles. The number of hydrogen-bond acceptors (Lipinski definition) is 3. The minimum atomic E-state index is -0.0595. The summed E-state index contributed by atoms with van der Waals surface area (Å²) in [5.74, 6) is 0.706. The molecular weight excluding hydrogens is 202 g/mol. The standard InChI is InChI=1S/C13H19NO2/c1-9(11-3-2-4-11)14-8-10-5-6-12(15)13(16)7-10/h5-7,9,11,14-16H,2-4,8H2,1H3. The molecule has 1 aliphatic carbocycles. The first-order chi connectivity index (χ1) is 7.66. The minimum absolute atomic E-state index is 0.0457. The largest absolute Gasteiger partial charge is 0.504 e. The number of rotatable bonds is 4. The quantitative estimate of drug-likeness (QED) is 0.684. The summed E-state index contributed by atoms with van der Waals surface area (Å²) in [6.07, 6.45) is 4.01. The van der Waals surface area contributed by atoms with Gasteiger partial charge in [-0.3, -0.25) is 0 Å². The molecule has 16 heavy (non-hydrogen) atoms. The number of nitrogens with one attached hydrogen (secondary N) is 1. The highest BCUT2D eigenvalue weighted by molar-refractivity contribution is 5.40. The smallest absolute Gasteiger partial charge is 0.157 e. The van der Waals surface area contributed by atoms with E-state index < -0.39 is 0 Å². The van der Waals surface area contributed by atoms with Crippen molar-refractivity contribution in [2.75, 3.05) is 0 Å². The topological polar surface area (TPSA) is 52.5 Å². The zero-order valence-corrected chi connectivity index (χ0v) is 9.61. The summed E-state index contributed by atoms with van der Waals surface area (Å²) in [4.78, 5) is 0. The first-order valence-corrected chi connectivity index (χ1v) is 5.91. The van der Waals surface area contributed by atoms with Crippen LogP contribution >= 0.6 is 0 Å². The average Bonchev–Trinajstić information content (AvgIpc) is 2.17. The lowest BCUT2D eigenvalue weighted by Crippen LogP contribution is -2.36. The van der Waals surface area contributed by atoms with Crippen LogP contribution in [0, 0.1) is 5.92 Å². The fourth-order valence-corrected chi connectivity index (χ4v) is 2.06. The van der Waals surface area contributed by atoms with Crippen molar-refractivity contribution in [2.24, 2.45) is 5.92 Å². The van der Waals surface area contributed by atoms with Crippen molar-refractivity contribution in [3.63, 3.8) is 0 Å². The fraction of sp³-hybridized carbons (Fsp3) is 0.538. The van der Waals surface area contributed by atoms with E-state index >= 15 is 0 Å². The number of benzene rings is 1. The van der Waals surface area contributed by atoms with E-state index in [4.69, 9.17) is 0 Å². The predicted octanol–water partition coefficient (Wildman–Crippen LogP) is 2.38. The Labute approximate surface area is 96.1 Å². The predicted molar refractivity (Wildman–Crippen MR) is 63.4 cm³/mol. The molecular formula is C13H19NO2. The van der Waals surface area contributed by atoms with Crippen molar-refractivity contribution in [3.8, 4) is 11.5 Å². The lowest BCUT2D eigenvalue weighted by atomic mass is 9.80. The van der Waals surface area contributed by atoms with Crippen molar-refractivity contribution >= 4 is 0 Å². The van der Waals surface area contributed by atoms with Crippen LogP contribution in [0.4, 0.5) is 0 Å². The lowest BCUT2D eigenvalue weighted by Gasteiger charge is -2.32. The van der Waals surface area contributed by atoms with Gasteiger partial charge in [0.25, 0.3) is 0 Å². The zero-order valence-electron chi connectivity index (χ0n) is 9.61. The van der Waals surface area contributed by atoms with Gasteiger partial charge in [-0.15, -0.1) is 0 Å². The average molecular weight is 221 g/mol. The molecule has 88 valence electrons. The van der Waals surface area contributed by atoms with Gasteiger partial charge in [-0.1, -0.05) is 12.5 Å². The number of phenolic OH excluding ortho intramolecular Hbond substituents is 2. The number of phenols is 2. The van der Waals surface area contributed by atoms with Crippen LogP contribution in [-0.4, -0.2) is 16.3 Å². The van der Waals surface area contributed by atoms with Crippen LogP contribution in [0.2, 0.25) is 0 Å². The molecule has 0 heterocycles. The molecule has 1 unspecified atom stereocenters. The molecule has 3 N–H and O–H groups in total. The van der Waals surface area contributed by atoms with Gasteiger partial charge in [0, 0.05) is 12.6 Å². The van der Waals surface area contributed by atoms with Crippen molar-refractivity contribution in [2.45, 2.75) is 38.8 Å². The first-order valence-electron chi connectivity index (χ1n) is 5.91. The molecule has 1 fully saturated rings. The highest BCUT2D eigenvalue weighted by atomic mass is 16.3. The molecule has 1 aromatic rings. The Morgan fingerprint density at radius 1 is 1.31 bits per heavy atom. The maximum Gasteiger partial charge on any atom is 0.157 e. The maximum atomic E-state index is 9.35. The molecule has 0 spiro atoms.